The highest BCUT2D eigenvalue weighted by Gasteiger charge is 2.43. The third-order valence-electron chi connectivity index (χ3n) is 4.40. The van der Waals surface area contributed by atoms with Gasteiger partial charge in [-0.15, -0.1) is 0 Å². The van der Waals surface area contributed by atoms with E-state index in [0.717, 1.165) is 0 Å². The minimum atomic E-state index is -1.47. The average Bonchev–Trinajstić information content (AvgIpc) is 2.67. The summed E-state index contributed by atoms with van der Waals surface area (Å²) in [7, 11) is 0. The number of nitrogens with one attached hydrogen (secondary N) is 1. The summed E-state index contributed by atoms with van der Waals surface area (Å²) in [5.41, 5.74) is 1.46. The van der Waals surface area contributed by atoms with Crippen molar-refractivity contribution >= 4 is 11.6 Å². The Kier molecular flexibility index (Phi) is 5.65. The van der Waals surface area contributed by atoms with E-state index >= 15 is 0 Å². The molecule has 1 heterocycles. The van der Waals surface area contributed by atoms with Crippen LogP contribution in [-0.2, 0) is 4.74 Å². The van der Waals surface area contributed by atoms with Crippen molar-refractivity contribution in [3.8, 4) is 0 Å². The monoisotopic (exact) mass is 359 g/mol. The Hall–Kier alpha value is -2.29. The number of para-hydroxylation sites is 1. The summed E-state index contributed by atoms with van der Waals surface area (Å²) >= 11 is 0. The van der Waals surface area contributed by atoms with E-state index in [2.05, 4.69) is 5.32 Å². The Morgan fingerprint density at radius 3 is 2.38 bits per heavy atom. The van der Waals surface area contributed by atoms with Crippen LogP contribution in [0.25, 0.3) is 0 Å². The van der Waals surface area contributed by atoms with Gasteiger partial charge in [0.05, 0.1) is 6.61 Å². The molecule has 2 aromatic carbocycles. The van der Waals surface area contributed by atoms with Crippen molar-refractivity contribution in [3.63, 3.8) is 0 Å². The molecular weight excluding hydrogens is 338 g/mol. The molecule has 3 rings (SSSR count). The number of rotatable bonds is 4. The number of carbonyl (C=O) groups excluding carboxylic acids is 1. The number of carbonyl (C=O) groups is 1. The minimum Gasteiger partial charge on any atom is -0.394 e. The Balaban J connectivity index is 1.81. The standard InChI is InChI=1S/C19H21NO6/c21-10-14-15(22)16(23)17(24)18(26-14)11-5-4-6-12(9-11)19(25)20-13-7-2-1-3-8-13/h1-9,14-18,21-24H,10H2,(H,20,25)/t14-,15-,16+,17+,18-/m1/s1. The summed E-state index contributed by atoms with van der Waals surface area (Å²) in [5.74, 6) is -0.331. The molecule has 1 saturated heterocycles. The molecule has 1 amide bonds. The number of benzene rings is 2. The lowest BCUT2D eigenvalue weighted by molar-refractivity contribution is -0.231. The summed E-state index contributed by atoms with van der Waals surface area (Å²) in [6.07, 6.45) is -6.25. The second-order valence-corrected chi connectivity index (χ2v) is 6.20. The molecule has 26 heavy (non-hydrogen) atoms. The molecule has 7 heteroatoms. The van der Waals surface area contributed by atoms with E-state index in [0.29, 0.717) is 16.8 Å². The molecule has 5 N–H and O–H groups in total. The Labute approximate surface area is 150 Å². The Morgan fingerprint density at radius 1 is 0.962 bits per heavy atom. The first-order chi connectivity index (χ1) is 12.5. The van der Waals surface area contributed by atoms with E-state index in [1.54, 1.807) is 48.5 Å². The molecule has 0 unspecified atom stereocenters. The van der Waals surface area contributed by atoms with Crippen LogP contribution in [0.4, 0.5) is 5.69 Å². The third-order valence-corrected chi connectivity index (χ3v) is 4.40. The number of ether oxygens (including phenoxy) is 1. The van der Waals surface area contributed by atoms with Gasteiger partial charge in [0.15, 0.2) is 0 Å². The highest BCUT2D eigenvalue weighted by molar-refractivity contribution is 6.04. The van der Waals surface area contributed by atoms with Crippen LogP contribution < -0.4 is 5.32 Å². The van der Waals surface area contributed by atoms with Crippen molar-refractivity contribution in [2.24, 2.45) is 0 Å². The Bertz CT molecular complexity index is 751. The quantitative estimate of drug-likeness (QED) is 0.541. The van der Waals surface area contributed by atoms with Gasteiger partial charge in [0.2, 0.25) is 0 Å². The molecule has 0 spiro atoms. The molecule has 2 aromatic rings. The molecule has 138 valence electrons. The zero-order chi connectivity index (χ0) is 18.7. The van der Waals surface area contributed by atoms with Gasteiger partial charge in [-0.1, -0.05) is 30.3 Å². The predicted octanol–water partition coefficient (Wildman–Crippen LogP) is 0.454. The van der Waals surface area contributed by atoms with Crippen molar-refractivity contribution in [1.29, 1.82) is 0 Å². The lowest BCUT2D eigenvalue weighted by atomic mass is 9.90. The van der Waals surface area contributed by atoms with Crippen LogP contribution in [0.2, 0.25) is 0 Å². The summed E-state index contributed by atoms with van der Waals surface area (Å²) in [6, 6.07) is 15.4. The first kappa shape index (κ1) is 18.5. The second-order valence-electron chi connectivity index (χ2n) is 6.20. The van der Waals surface area contributed by atoms with Crippen molar-refractivity contribution < 1.29 is 30.0 Å². The van der Waals surface area contributed by atoms with Crippen LogP contribution in [0.5, 0.6) is 0 Å². The van der Waals surface area contributed by atoms with Gasteiger partial charge in [-0.05, 0) is 29.8 Å². The average molecular weight is 359 g/mol. The van der Waals surface area contributed by atoms with Crippen LogP contribution in [0, 0.1) is 0 Å². The number of hydrogen-bond acceptors (Lipinski definition) is 6. The van der Waals surface area contributed by atoms with Gasteiger partial charge in [0, 0.05) is 11.3 Å². The van der Waals surface area contributed by atoms with Crippen LogP contribution in [0.3, 0.4) is 0 Å². The maximum absolute atomic E-state index is 12.4. The number of amides is 1. The SMILES string of the molecule is O=C(Nc1ccccc1)c1cccc([C@H]2O[C@H](CO)[C@@H](O)[C@H](O)[C@@H]2O)c1. The second kappa shape index (κ2) is 7.94. The lowest BCUT2D eigenvalue weighted by Crippen LogP contribution is -2.55. The van der Waals surface area contributed by atoms with Gasteiger partial charge in [-0.2, -0.15) is 0 Å². The van der Waals surface area contributed by atoms with Gasteiger partial charge in [0.1, 0.15) is 30.5 Å². The summed E-state index contributed by atoms with van der Waals surface area (Å²) in [6.45, 7) is -0.504. The molecule has 0 saturated carbocycles. The Morgan fingerprint density at radius 2 is 1.69 bits per heavy atom. The highest BCUT2D eigenvalue weighted by Crippen LogP contribution is 2.32. The van der Waals surface area contributed by atoms with Crippen molar-refractivity contribution in [2.45, 2.75) is 30.5 Å². The molecule has 0 aromatic heterocycles. The molecule has 0 aliphatic carbocycles. The summed E-state index contributed by atoms with van der Waals surface area (Å²) in [5, 5.41) is 42.1. The van der Waals surface area contributed by atoms with Gasteiger partial charge >= 0.3 is 0 Å². The molecule has 5 atom stereocenters. The van der Waals surface area contributed by atoms with Crippen LogP contribution in [0.15, 0.2) is 54.6 Å². The molecule has 1 aliphatic heterocycles. The van der Waals surface area contributed by atoms with E-state index < -0.39 is 37.1 Å². The van der Waals surface area contributed by atoms with Gasteiger partial charge in [-0.25, -0.2) is 0 Å². The van der Waals surface area contributed by atoms with Gasteiger partial charge in [0.25, 0.3) is 5.91 Å². The number of aliphatic hydroxyl groups excluding tert-OH is 4. The van der Waals surface area contributed by atoms with E-state index in [4.69, 9.17) is 4.74 Å². The van der Waals surface area contributed by atoms with Crippen molar-refractivity contribution in [2.75, 3.05) is 11.9 Å². The predicted molar refractivity (Wildman–Crippen MR) is 93.6 cm³/mol. The maximum Gasteiger partial charge on any atom is 0.255 e. The number of aliphatic hydroxyl groups is 4. The lowest BCUT2D eigenvalue weighted by Gasteiger charge is -2.40. The summed E-state index contributed by atoms with van der Waals surface area (Å²) in [4.78, 5) is 12.4. The van der Waals surface area contributed by atoms with Crippen molar-refractivity contribution in [3.05, 3.63) is 65.7 Å². The highest BCUT2D eigenvalue weighted by atomic mass is 16.5. The largest absolute Gasteiger partial charge is 0.394 e. The first-order valence-electron chi connectivity index (χ1n) is 8.28. The minimum absolute atomic E-state index is 0.331. The van der Waals surface area contributed by atoms with E-state index in [1.165, 1.54) is 0 Å². The number of anilines is 1. The zero-order valence-electron chi connectivity index (χ0n) is 13.9. The number of hydrogen-bond donors (Lipinski definition) is 5. The molecule has 0 radical (unpaired) electrons. The van der Waals surface area contributed by atoms with Crippen molar-refractivity contribution in [1.82, 2.24) is 0 Å². The normalized spacial score (nSPS) is 28.5. The van der Waals surface area contributed by atoms with Gasteiger partial charge < -0.3 is 30.5 Å². The molecular formula is C19H21NO6. The maximum atomic E-state index is 12.4. The fourth-order valence-electron chi connectivity index (χ4n) is 2.96. The van der Waals surface area contributed by atoms with Gasteiger partial charge in [-0.3, -0.25) is 4.79 Å². The topological polar surface area (TPSA) is 119 Å². The van der Waals surface area contributed by atoms with E-state index in [1.807, 2.05) is 6.07 Å². The summed E-state index contributed by atoms with van der Waals surface area (Å²) < 4.78 is 5.53. The molecule has 7 nitrogen and oxygen atoms in total. The first-order valence-corrected chi connectivity index (χ1v) is 8.28. The fraction of sp³-hybridized carbons (Fsp3) is 0.316. The molecule has 0 bridgehead atoms. The van der Waals surface area contributed by atoms with Crippen LogP contribution >= 0.6 is 0 Å². The van der Waals surface area contributed by atoms with Crippen LogP contribution in [0.1, 0.15) is 22.0 Å². The van der Waals surface area contributed by atoms with E-state index in [9.17, 15) is 25.2 Å². The smallest absolute Gasteiger partial charge is 0.255 e. The zero-order valence-corrected chi connectivity index (χ0v) is 13.9. The van der Waals surface area contributed by atoms with Crippen LogP contribution in [-0.4, -0.2) is 57.4 Å². The molecule has 1 aliphatic rings. The third kappa shape index (κ3) is 3.77. The fourth-order valence-corrected chi connectivity index (χ4v) is 2.96. The molecule has 1 fully saturated rings. The van der Waals surface area contributed by atoms with E-state index in [-0.39, 0.29) is 5.91 Å².